The van der Waals surface area contributed by atoms with E-state index < -0.39 is 35.6 Å². The highest BCUT2D eigenvalue weighted by Crippen LogP contribution is 2.48. The van der Waals surface area contributed by atoms with Crippen molar-refractivity contribution >= 4 is 0 Å². The normalized spacial score (nSPS) is 22.5. The largest absolute Gasteiger partial charge is 0.507 e. The van der Waals surface area contributed by atoms with Gasteiger partial charge in [0, 0.05) is 17.7 Å². The fourth-order valence-electron chi connectivity index (χ4n) is 2.70. The maximum atomic E-state index is 10.3. The summed E-state index contributed by atoms with van der Waals surface area (Å²) in [6.45, 7) is 0. The van der Waals surface area contributed by atoms with Crippen molar-refractivity contribution in [3.8, 4) is 34.5 Å². The molecule has 3 atom stereocenters. The predicted octanol–water partition coefficient (Wildman–Crippen LogP) is 1.05. The van der Waals surface area contributed by atoms with Crippen LogP contribution >= 0.6 is 0 Å². The van der Waals surface area contributed by atoms with Crippen LogP contribution in [0.15, 0.2) is 24.3 Å². The number of rotatable bonds is 2. The van der Waals surface area contributed by atoms with E-state index in [1.54, 1.807) is 0 Å². The summed E-state index contributed by atoms with van der Waals surface area (Å²) in [5.41, 5.74) is 0.133. The number of hydrogen-bond acceptors (Lipinski definition) is 8. The molecule has 8 nitrogen and oxygen atoms in total. The molecular formula is C16H16O8. The van der Waals surface area contributed by atoms with Crippen LogP contribution in [-0.2, 0) is 0 Å². The molecule has 128 valence electrons. The van der Waals surface area contributed by atoms with Gasteiger partial charge in [-0.3, -0.25) is 0 Å². The van der Waals surface area contributed by atoms with Gasteiger partial charge in [0.2, 0.25) is 0 Å². The second kappa shape index (κ2) is 5.66. The lowest BCUT2D eigenvalue weighted by molar-refractivity contribution is -0.0711. The number of phenolic OH excluding ortho intramolecular Hbond substituents is 4. The van der Waals surface area contributed by atoms with Crippen molar-refractivity contribution in [3.05, 3.63) is 35.4 Å². The first-order valence-electron chi connectivity index (χ1n) is 7.02. The van der Waals surface area contributed by atoms with Gasteiger partial charge in [-0.05, 0) is 12.1 Å². The standard InChI is InChI=1S/C16H16O8/c1-23-7-4-8(17)12-11(5-7)24-16(15(22)14(12)21)6-2-9(18)13(20)10(19)3-6/h2-5,14-22H,1H3. The fraction of sp³-hybridized carbons (Fsp3) is 0.250. The smallest absolute Gasteiger partial charge is 0.200 e. The number of phenols is 4. The Balaban J connectivity index is 2.08. The minimum atomic E-state index is -1.49. The molecule has 0 aliphatic carbocycles. The molecule has 0 fully saturated rings. The summed E-state index contributed by atoms with van der Waals surface area (Å²) in [7, 11) is 1.39. The van der Waals surface area contributed by atoms with Crippen LogP contribution in [0.1, 0.15) is 23.3 Å². The number of benzene rings is 2. The molecule has 0 bridgehead atoms. The van der Waals surface area contributed by atoms with Gasteiger partial charge < -0.3 is 40.1 Å². The minimum absolute atomic E-state index is 0.00627. The Bertz CT molecular complexity index is 765. The summed E-state index contributed by atoms with van der Waals surface area (Å²) in [6.07, 6.45) is -4.11. The summed E-state index contributed by atoms with van der Waals surface area (Å²) in [6, 6.07) is 4.90. The molecule has 1 aliphatic rings. The highest BCUT2D eigenvalue weighted by Gasteiger charge is 2.40. The van der Waals surface area contributed by atoms with Gasteiger partial charge in [-0.1, -0.05) is 0 Å². The maximum absolute atomic E-state index is 10.3. The third-order valence-electron chi connectivity index (χ3n) is 3.93. The van der Waals surface area contributed by atoms with Crippen molar-refractivity contribution in [2.24, 2.45) is 0 Å². The van der Waals surface area contributed by atoms with Gasteiger partial charge in [0.15, 0.2) is 23.4 Å². The van der Waals surface area contributed by atoms with E-state index in [9.17, 15) is 30.6 Å². The predicted molar refractivity (Wildman–Crippen MR) is 80.4 cm³/mol. The maximum Gasteiger partial charge on any atom is 0.200 e. The molecule has 3 unspecified atom stereocenters. The second-order valence-electron chi connectivity index (χ2n) is 5.44. The minimum Gasteiger partial charge on any atom is -0.507 e. The molecule has 0 aromatic heterocycles. The number of hydrogen-bond donors (Lipinski definition) is 6. The fourth-order valence-corrected chi connectivity index (χ4v) is 2.70. The molecular weight excluding hydrogens is 320 g/mol. The van der Waals surface area contributed by atoms with E-state index in [0.717, 1.165) is 12.1 Å². The molecule has 0 saturated heterocycles. The molecule has 0 amide bonds. The lowest BCUT2D eigenvalue weighted by Crippen LogP contribution is -2.34. The molecule has 0 radical (unpaired) electrons. The first-order chi connectivity index (χ1) is 11.3. The van der Waals surface area contributed by atoms with Crippen LogP contribution in [-0.4, -0.2) is 43.9 Å². The summed E-state index contributed by atoms with van der Waals surface area (Å²) < 4.78 is 10.6. The number of aromatic hydroxyl groups is 4. The molecule has 0 saturated carbocycles. The highest BCUT2D eigenvalue weighted by atomic mass is 16.5. The molecule has 8 heteroatoms. The zero-order valence-corrected chi connectivity index (χ0v) is 12.5. The van der Waals surface area contributed by atoms with Crippen LogP contribution in [0.2, 0.25) is 0 Å². The first kappa shape index (κ1) is 16.0. The van der Waals surface area contributed by atoms with Crippen molar-refractivity contribution < 1.29 is 40.1 Å². The van der Waals surface area contributed by atoms with Crippen LogP contribution in [0.4, 0.5) is 0 Å². The SMILES string of the molecule is COc1cc(O)c2c(c1)OC(c1cc(O)c(O)c(O)c1)C(O)C2O. The van der Waals surface area contributed by atoms with E-state index in [1.807, 2.05) is 0 Å². The Morgan fingerprint density at radius 1 is 0.917 bits per heavy atom. The summed E-state index contributed by atoms with van der Waals surface area (Å²) in [5, 5.41) is 59.2. The van der Waals surface area contributed by atoms with Gasteiger partial charge in [-0.15, -0.1) is 0 Å². The van der Waals surface area contributed by atoms with Crippen LogP contribution in [0.3, 0.4) is 0 Å². The van der Waals surface area contributed by atoms with Crippen molar-refractivity contribution in [3.63, 3.8) is 0 Å². The lowest BCUT2D eigenvalue weighted by atomic mass is 9.91. The molecule has 2 aromatic carbocycles. The molecule has 2 aromatic rings. The molecule has 0 spiro atoms. The monoisotopic (exact) mass is 336 g/mol. The van der Waals surface area contributed by atoms with E-state index in [1.165, 1.54) is 19.2 Å². The zero-order valence-electron chi connectivity index (χ0n) is 12.5. The zero-order chi connectivity index (χ0) is 17.6. The third kappa shape index (κ3) is 2.41. The molecule has 3 rings (SSSR count). The first-order valence-corrected chi connectivity index (χ1v) is 7.02. The number of ether oxygens (including phenoxy) is 2. The topological polar surface area (TPSA) is 140 Å². The highest BCUT2D eigenvalue weighted by molar-refractivity contribution is 5.55. The van der Waals surface area contributed by atoms with Crippen LogP contribution < -0.4 is 9.47 Å². The molecule has 1 heterocycles. The lowest BCUT2D eigenvalue weighted by Gasteiger charge is -2.35. The van der Waals surface area contributed by atoms with Crippen molar-refractivity contribution in [1.82, 2.24) is 0 Å². The van der Waals surface area contributed by atoms with E-state index in [-0.39, 0.29) is 28.4 Å². The Labute approximate surface area is 136 Å². The van der Waals surface area contributed by atoms with Crippen LogP contribution in [0, 0.1) is 0 Å². The van der Waals surface area contributed by atoms with Crippen molar-refractivity contribution in [2.45, 2.75) is 18.3 Å². The summed E-state index contributed by atoms with van der Waals surface area (Å²) in [5.74, 6) is -1.84. The number of methoxy groups -OCH3 is 1. The number of fused-ring (bicyclic) bond motifs is 1. The van der Waals surface area contributed by atoms with E-state index in [0.29, 0.717) is 0 Å². The number of aliphatic hydroxyl groups excluding tert-OH is 2. The van der Waals surface area contributed by atoms with E-state index >= 15 is 0 Å². The Kier molecular flexibility index (Phi) is 3.78. The van der Waals surface area contributed by atoms with Gasteiger partial charge in [-0.25, -0.2) is 0 Å². The van der Waals surface area contributed by atoms with Crippen LogP contribution in [0.25, 0.3) is 0 Å². The number of aliphatic hydroxyl groups is 2. The summed E-state index contributed by atoms with van der Waals surface area (Å²) in [4.78, 5) is 0. The molecule has 6 N–H and O–H groups in total. The average Bonchev–Trinajstić information content (AvgIpc) is 2.54. The Morgan fingerprint density at radius 3 is 2.12 bits per heavy atom. The van der Waals surface area contributed by atoms with E-state index in [2.05, 4.69) is 0 Å². The Hall–Kier alpha value is -2.84. The van der Waals surface area contributed by atoms with Gasteiger partial charge >= 0.3 is 0 Å². The Morgan fingerprint density at radius 2 is 1.54 bits per heavy atom. The van der Waals surface area contributed by atoms with Crippen LogP contribution in [0.5, 0.6) is 34.5 Å². The van der Waals surface area contributed by atoms with Crippen molar-refractivity contribution in [1.29, 1.82) is 0 Å². The quantitative estimate of drug-likeness (QED) is 0.447. The van der Waals surface area contributed by atoms with Gasteiger partial charge in [0.25, 0.3) is 0 Å². The molecule has 1 aliphatic heterocycles. The average molecular weight is 336 g/mol. The van der Waals surface area contributed by atoms with Gasteiger partial charge in [0.05, 0.1) is 12.7 Å². The van der Waals surface area contributed by atoms with Gasteiger partial charge in [0.1, 0.15) is 29.5 Å². The van der Waals surface area contributed by atoms with E-state index in [4.69, 9.17) is 9.47 Å². The molecule has 24 heavy (non-hydrogen) atoms. The van der Waals surface area contributed by atoms with Gasteiger partial charge in [-0.2, -0.15) is 0 Å². The summed E-state index contributed by atoms with van der Waals surface area (Å²) >= 11 is 0. The van der Waals surface area contributed by atoms with Crippen molar-refractivity contribution in [2.75, 3.05) is 7.11 Å². The third-order valence-corrected chi connectivity index (χ3v) is 3.93. The second-order valence-corrected chi connectivity index (χ2v) is 5.44.